The highest BCUT2D eigenvalue weighted by molar-refractivity contribution is 5.59. The van der Waals surface area contributed by atoms with Gasteiger partial charge in [0.2, 0.25) is 0 Å². The lowest BCUT2D eigenvalue weighted by atomic mass is 9.87. The van der Waals surface area contributed by atoms with Crippen LogP contribution in [0.4, 0.5) is 4.39 Å². The summed E-state index contributed by atoms with van der Waals surface area (Å²) in [6.07, 6.45) is 5.98. The van der Waals surface area contributed by atoms with Gasteiger partial charge in [0.1, 0.15) is 5.82 Å². The Balaban J connectivity index is 1.41. The molecule has 1 aromatic heterocycles. The van der Waals surface area contributed by atoms with E-state index in [1.807, 2.05) is 30.6 Å². The fourth-order valence-electron chi connectivity index (χ4n) is 4.04. The van der Waals surface area contributed by atoms with Crippen LogP contribution in [0.5, 0.6) is 0 Å². The Hall–Kier alpha value is -2.63. The van der Waals surface area contributed by atoms with Gasteiger partial charge >= 0.3 is 0 Å². The van der Waals surface area contributed by atoms with E-state index in [-0.39, 0.29) is 5.82 Å². The van der Waals surface area contributed by atoms with E-state index in [1.54, 1.807) is 12.1 Å². The van der Waals surface area contributed by atoms with E-state index in [9.17, 15) is 9.50 Å². The molecule has 0 radical (unpaired) electrons. The maximum Gasteiger partial charge on any atom is 0.159 e. The van der Waals surface area contributed by atoms with Crippen LogP contribution in [0.2, 0.25) is 0 Å². The number of rotatable bonds is 4. The summed E-state index contributed by atoms with van der Waals surface area (Å²) in [6, 6.07) is 14.3. The predicted molar refractivity (Wildman–Crippen MR) is 112 cm³/mol. The molecule has 2 aromatic carbocycles. The third-order valence-corrected chi connectivity index (χ3v) is 5.79. The minimum atomic E-state index is -0.895. The van der Waals surface area contributed by atoms with Crippen molar-refractivity contribution in [3.05, 3.63) is 83.4 Å². The van der Waals surface area contributed by atoms with Gasteiger partial charge in [-0.05, 0) is 56.0 Å². The second kappa shape index (κ2) is 8.39. The zero-order chi connectivity index (χ0) is 20.3. The third-order valence-electron chi connectivity index (χ3n) is 5.79. The molecule has 4 nitrogen and oxygen atoms in total. The average molecular weight is 391 g/mol. The number of aryl methyl sites for hydroxylation is 1. The van der Waals surface area contributed by atoms with E-state index in [2.05, 4.69) is 27.9 Å². The molecule has 2 heterocycles. The Morgan fingerprint density at radius 2 is 1.72 bits per heavy atom. The van der Waals surface area contributed by atoms with Crippen LogP contribution in [0.1, 0.15) is 36.0 Å². The lowest BCUT2D eigenvalue weighted by Crippen LogP contribution is -2.29. The highest BCUT2D eigenvalue weighted by atomic mass is 19.1. The molecule has 1 aliphatic heterocycles. The van der Waals surface area contributed by atoms with Crippen molar-refractivity contribution in [1.29, 1.82) is 0 Å². The van der Waals surface area contributed by atoms with Crippen molar-refractivity contribution in [2.75, 3.05) is 13.1 Å². The van der Waals surface area contributed by atoms with Crippen molar-refractivity contribution in [2.45, 2.75) is 38.3 Å². The van der Waals surface area contributed by atoms with Crippen LogP contribution in [-0.4, -0.2) is 33.1 Å². The normalized spacial score (nSPS) is 20.4. The van der Waals surface area contributed by atoms with Gasteiger partial charge in [0.15, 0.2) is 5.82 Å². The summed E-state index contributed by atoms with van der Waals surface area (Å²) in [5.74, 6) is 0.468. The van der Waals surface area contributed by atoms with E-state index in [0.717, 1.165) is 54.1 Å². The summed E-state index contributed by atoms with van der Waals surface area (Å²) in [7, 11) is 0. The molecule has 0 amide bonds. The van der Waals surface area contributed by atoms with Gasteiger partial charge < -0.3 is 5.11 Å². The summed E-state index contributed by atoms with van der Waals surface area (Å²) in [6.45, 7) is 4.50. The monoisotopic (exact) mass is 391 g/mol. The second-order valence-electron chi connectivity index (χ2n) is 7.90. The van der Waals surface area contributed by atoms with Gasteiger partial charge in [0.05, 0.1) is 5.60 Å². The quantitative estimate of drug-likeness (QED) is 0.713. The van der Waals surface area contributed by atoms with E-state index >= 15 is 0 Å². The largest absolute Gasteiger partial charge is 0.385 e. The molecule has 4 rings (SSSR count). The summed E-state index contributed by atoms with van der Waals surface area (Å²) in [5, 5.41) is 11.1. The first-order chi connectivity index (χ1) is 14.0. The Labute approximate surface area is 171 Å². The lowest BCUT2D eigenvalue weighted by molar-refractivity contribution is 0.0209. The smallest absolute Gasteiger partial charge is 0.159 e. The molecule has 29 heavy (non-hydrogen) atoms. The van der Waals surface area contributed by atoms with Crippen LogP contribution in [0.3, 0.4) is 0 Å². The molecule has 0 aliphatic carbocycles. The number of hydrogen-bond donors (Lipinski definition) is 1. The Morgan fingerprint density at radius 3 is 2.45 bits per heavy atom. The second-order valence-corrected chi connectivity index (χ2v) is 7.90. The Morgan fingerprint density at radius 1 is 1.00 bits per heavy atom. The molecule has 0 saturated carbocycles. The van der Waals surface area contributed by atoms with Crippen LogP contribution < -0.4 is 0 Å². The molecule has 1 unspecified atom stereocenters. The summed E-state index contributed by atoms with van der Waals surface area (Å²) in [4.78, 5) is 11.4. The minimum absolute atomic E-state index is 0.276. The number of aromatic nitrogens is 2. The summed E-state index contributed by atoms with van der Waals surface area (Å²) < 4.78 is 13.2. The zero-order valence-corrected chi connectivity index (χ0v) is 16.7. The first kappa shape index (κ1) is 19.7. The maximum atomic E-state index is 13.2. The van der Waals surface area contributed by atoms with Crippen molar-refractivity contribution in [1.82, 2.24) is 14.9 Å². The average Bonchev–Trinajstić information content (AvgIpc) is 2.92. The van der Waals surface area contributed by atoms with Crippen LogP contribution in [-0.2, 0) is 12.1 Å². The van der Waals surface area contributed by atoms with E-state index < -0.39 is 5.60 Å². The van der Waals surface area contributed by atoms with E-state index in [1.165, 1.54) is 12.1 Å². The van der Waals surface area contributed by atoms with Gasteiger partial charge in [-0.25, -0.2) is 14.4 Å². The number of aliphatic hydroxyl groups is 1. The topological polar surface area (TPSA) is 49.2 Å². The molecule has 3 aromatic rings. The number of likely N-dealkylation sites (tertiary alicyclic amines) is 1. The third kappa shape index (κ3) is 4.52. The predicted octanol–water partition coefficient (Wildman–Crippen LogP) is 4.46. The fourth-order valence-corrected chi connectivity index (χ4v) is 4.04. The van der Waals surface area contributed by atoms with Crippen LogP contribution in [0, 0.1) is 12.7 Å². The van der Waals surface area contributed by atoms with Gasteiger partial charge in [0.25, 0.3) is 0 Å². The highest BCUT2D eigenvalue weighted by Gasteiger charge is 2.32. The molecule has 1 fully saturated rings. The number of hydrogen-bond acceptors (Lipinski definition) is 4. The fraction of sp³-hybridized carbons (Fsp3) is 0.333. The molecular weight excluding hydrogens is 365 g/mol. The first-order valence-corrected chi connectivity index (χ1v) is 10.1. The highest BCUT2D eigenvalue weighted by Crippen LogP contribution is 2.33. The van der Waals surface area contributed by atoms with E-state index in [4.69, 9.17) is 0 Å². The van der Waals surface area contributed by atoms with Gasteiger partial charge in [-0.3, -0.25) is 4.90 Å². The molecular formula is C24H26FN3O. The molecule has 1 atom stereocenters. The van der Waals surface area contributed by atoms with E-state index in [0.29, 0.717) is 12.8 Å². The minimum Gasteiger partial charge on any atom is -0.385 e. The first-order valence-electron chi connectivity index (χ1n) is 10.1. The van der Waals surface area contributed by atoms with Crippen LogP contribution in [0.15, 0.2) is 60.9 Å². The molecule has 1 aliphatic rings. The maximum absolute atomic E-state index is 13.2. The molecule has 150 valence electrons. The van der Waals surface area contributed by atoms with Crippen LogP contribution >= 0.6 is 0 Å². The zero-order valence-electron chi connectivity index (χ0n) is 16.7. The van der Waals surface area contributed by atoms with Gasteiger partial charge in [-0.2, -0.15) is 0 Å². The van der Waals surface area contributed by atoms with Gasteiger partial charge in [-0.15, -0.1) is 0 Å². The van der Waals surface area contributed by atoms with Crippen molar-refractivity contribution < 1.29 is 9.50 Å². The lowest BCUT2D eigenvalue weighted by Gasteiger charge is -2.27. The molecule has 0 bridgehead atoms. The SMILES string of the molecule is Cc1ccccc1-c1ncc(CN2CCCC(O)(c3ccc(F)cc3)CC2)cn1. The molecule has 0 spiro atoms. The van der Waals surface area contributed by atoms with Crippen molar-refractivity contribution >= 4 is 0 Å². The summed E-state index contributed by atoms with van der Waals surface area (Å²) >= 11 is 0. The number of nitrogens with zero attached hydrogens (tertiary/aromatic N) is 3. The molecule has 5 heteroatoms. The molecule has 1 saturated heterocycles. The number of halogens is 1. The molecule has 1 N–H and O–H groups in total. The Kier molecular flexibility index (Phi) is 5.69. The van der Waals surface area contributed by atoms with Gasteiger partial charge in [-0.1, -0.05) is 36.4 Å². The number of benzene rings is 2. The van der Waals surface area contributed by atoms with Crippen molar-refractivity contribution in [2.24, 2.45) is 0 Å². The van der Waals surface area contributed by atoms with Crippen molar-refractivity contribution in [3.63, 3.8) is 0 Å². The standard InChI is InChI=1S/C24H26FN3O/c1-18-5-2-3-6-22(18)23-26-15-19(16-27-23)17-28-13-4-11-24(29,12-14-28)20-7-9-21(25)10-8-20/h2-3,5-10,15-16,29H,4,11-14,17H2,1H3. The van der Waals surface area contributed by atoms with Crippen molar-refractivity contribution in [3.8, 4) is 11.4 Å². The summed E-state index contributed by atoms with van der Waals surface area (Å²) in [5.41, 5.74) is 3.18. The van der Waals surface area contributed by atoms with Gasteiger partial charge in [0, 0.05) is 36.6 Å². The van der Waals surface area contributed by atoms with Crippen LogP contribution in [0.25, 0.3) is 11.4 Å². The Bertz CT molecular complexity index is 959.